The van der Waals surface area contributed by atoms with Crippen molar-refractivity contribution in [1.82, 2.24) is 0 Å². The highest BCUT2D eigenvalue weighted by Crippen LogP contribution is 2.49. The third-order valence-corrected chi connectivity index (χ3v) is 1.74. The zero-order chi connectivity index (χ0) is 12.5. The smallest absolute Gasteiger partial charge is 0.169 e. The fourth-order valence-electron chi connectivity index (χ4n) is 0.591. The van der Waals surface area contributed by atoms with Crippen LogP contribution in [0.4, 0.5) is 26.3 Å². The predicted molar refractivity (Wildman–Crippen MR) is 42.8 cm³/mol. The molecule has 0 N–H and O–H groups in total. The summed E-state index contributed by atoms with van der Waals surface area (Å²) in [5.74, 6) is 2.64. The topological polar surface area (TPSA) is 0 Å². The number of hydrogen-bond acceptors (Lipinski definition) is 0. The van der Waals surface area contributed by atoms with Crippen molar-refractivity contribution < 1.29 is 26.3 Å². The first-order valence-electron chi connectivity index (χ1n) is 4.08. The summed E-state index contributed by atoms with van der Waals surface area (Å²) in [6.45, 7) is 2.88. The quantitative estimate of drug-likeness (QED) is 0.440. The van der Waals surface area contributed by atoms with Gasteiger partial charge >= 0.3 is 12.4 Å². The fraction of sp³-hybridized carbons (Fsp3) is 0.778. The Bertz CT molecular complexity index is 258. The summed E-state index contributed by atoms with van der Waals surface area (Å²) in [5, 5.41) is 0. The first kappa shape index (κ1) is 14.1. The number of hydrogen-bond donors (Lipinski definition) is 0. The van der Waals surface area contributed by atoms with E-state index in [0.29, 0.717) is 0 Å². The van der Waals surface area contributed by atoms with Gasteiger partial charge in [-0.05, 0) is 6.92 Å². The normalized spacial score (nSPS) is 13.7. The third kappa shape index (κ3) is 3.05. The van der Waals surface area contributed by atoms with Crippen molar-refractivity contribution >= 4 is 0 Å². The predicted octanol–water partition coefficient (Wildman–Crippen LogP) is 3.78. The summed E-state index contributed by atoms with van der Waals surface area (Å²) in [6.07, 6.45) is -10.8. The maximum atomic E-state index is 12.2. The van der Waals surface area contributed by atoms with E-state index in [9.17, 15) is 26.3 Å². The highest BCUT2D eigenvalue weighted by molar-refractivity contribution is 5.17. The van der Waals surface area contributed by atoms with Crippen LogP contribution in [0.15, 0.2) is 0 Å². The van der Waals surface area contributed by atoms with Gasteiger partial charge in [0.2, 0.25) is 5.41 Å². The van der Waals surface area contributed by atoms with E-state index in [2.05, 4.69) is 0 Å². The second-order valence-corrected chi connectivity index (χ2v) is 3.54. The largest absolute Gasteiger partial charge is 0.413 e. The van der Waals surface area contributed by atoms with Crippen molar-refractivity contribution in [3.05, 3.63) is 0 Å². The van der Waals surface area contributed by atoms with Gasteiger partial charge in [0.25, 0.3) is 0 Å². The molecule has 0 saturated carbocycles. The van der Waals surface area contributed by atoms with Gasteiger partial charge in [-0.3, -0.25) is 0 Å². The summed E-state index contributed by atoms with van der Waals surface area (Å²) >= 11 is 0. The van der Waals surface area contributed by atoms with Crippen LogP contribution in [0.5, 0.6) is 0 Å². The zero-order valence-corrected chi connectivity index (χ0v) is 8.35. The van der Waals surface area contributed by atoms with E-state index in [1.165, 1.54) is 19.8 Å². The van der Waals surface area contributed by atoms with Crippen LogP contribution in [-0.2, 0) is 0 Å². The van der Waals surface area contributed by atoms with Crippen LogP contribution in [0.2, 0.25) is 0 Å². The molecule has 15 heavy (non-hydrogen) atoms. The molecule has 0 bridgehead atoms. The molecule has 6 heteroatoms. The van der Waals surface area contributed by atoms with Crippen LogP contribution in [0.25, 0.3) is 0 Å². The molecule has 0 radical (unpaired) electrons. The molecule has 0 aromatic heterocycles. The highest BCUT2D eigenvalue weighted by atomic mass is 19.4. The average Bonchev–Trinajstić information content (AvgIpc) is 1.95. The minimum atomic E-state index is -5.42. The van der Waals surface area contributed by atoms with Gasteiger partial charge in [-0.2, -0.15) is 26.3 Å². The Morgan fingerprint density at radius 1 is 0.867 bits per heavy atom. The summed E-state index contributed by atoms with van der Waals surface area (Å²) in [4.78, 5) is 0. The van der Waals surface area contributed by atoms with E-state index in [1.54, 1.807) is 0 Å². The summed E-state index contributed by atoms with van der Waals surface area (Å²) in [6, 6.07) is 0. The summed E-state index contributed by atoms with van der Waals surface area (Å²) in [7, 11) is 0. The molecule has 0 saturated heterocycles. The molecule has 0 amide bonds. The van der Waals surface area contributed by atoms with Crippen LogP contribution in [0.1, 0.15) is 20.8 Å². The van der Waals surface area contributed by atoms with Crippen LogP contribution < -0.4 is 0 Å². The molecule has 0 unspecified atom stereocenters. The molecule has 88 valence electrons. The molecule has 0 spiro atoms. The molecule has 0 atom stereocenters. The van der Waals surface area contributed by atoms with Gasteiger partial charge in [0.05, 0.1) is 0 Å². The Morgan fingerprint density at radius 3 is 1.40 bits per heavy atom. The Kier molecular flexibility index (Phi) is 3.72. The zero-order valence-electron chi connectivity index (χ0n) is 8.35. The van der Waals surface area contributed by atoms with Gasteiger partial charge < -0.3 is 0 Å². The number of halogens is 6. The lowest BCUT2D eigenvalue weighted by Crippen LogP contribution is -2.46. The number of rotatable bonds is 0. The second-order valence-electron chi connectivity index (χ2n) is 3.54. The fourth-order valence-corrected chi connectivity index (χ4v) is 0.591. The van der Waals surface area contributed by atoms with Crippen LogP contribution in [0, 0.1) is 23.2 Å². The lowest BCUT2D eigenvalue weighted by Gasteiger charge is -2.29. The van der Waals surface area contributed by atoms with Gasteiger partial charge in [0.1, 0.15) is 0 Å². The minimum absolute atomic E-state index is 0.0440. The van der Waals surface area contributed by atoms with E-state index in [1.807, 2.05) is 5.92 Å². The van der Waals surface area contributed by atoms with Crippen LogP contribution >= 0.6 is 0 Å². The monoisotopic (exact) mass is 232 g/mol. The molecule has 0 heterocycles. The van der Waals surface area contributed by atoms with Crippen LogP contribution in [-0.4, -0.2) is 12.4 Å². The molecule has 0 aliphatic rings. The van der Waals surface area contributed by atoms with Gasteiger partial charge in [0, 0.05) is 5.92 Å². The molecule has 0 fully saturated rings. The Labute approximate surface area is 83.7 Å². The molecule has 0 nitrogen and oxygen atoms in total. The Balaban J connectivity index is 5.38. The van der Waals surface area contributed by atoms with Crippen LogP contribution in [0.3, 0.4) is 0 Å². The van der Waals surface area contributed by atoms with Crippen molar-refractivity contribution in [2.45, 2.75) is 33.1 Å². The molecule has 0 aromatic carbocycles. The van der Waals surface area contributed by atoms with E-state index in [0.717, 1.165) is 0 Å². The van der Waals surface area contributed by atoms with Gasteiger partial charge in [-0.1, -0.05) is 25.7 Å². The Morgan fingerprint density at radius 2 is 1.20 bits per heavy atom. The van der Waals surface area contributed by atoms with Gasteiger partial charge in [-0.25, -0.2) is 0 Å². The van der Waals surface area contributed by atoms with Gasteiger partial charge in [0.15, 0.2) is 0 Å². The maximum Gasteiger partial charge on any atom is 0.413 e. The van der Waals surface area contributed by atoms with E-state index < -0.39 is 23.7 Å². The van der Waals surface area contributed by atoms with Crippen molar-refractivity contribution in [3.8, 4) is 11.8 Å². The van der Waals surface area contributed by atoms with Gasteiger partial charge in [-0.15, -0.1) is 0 Å². The van der Waals surface area contributed by atoms with E-state index >= 15 is 0 Å². The SMILES string of the molecule is CC(C)C#CC(C)(C(F)(F)F)C(F)(F)F. The maximum absolute atomic E-state index is 12.2. The molecule has 0 aliphatic heterocycles. The first-order valence-corrected chi connectivity index (χ1v) is 4.08. The standard InChI is InChI=1S/C9H10F6/c1-6(2)4-5-7(3,8(10,11)12)9(13,14)15/h6H,1-3H3. The van der Waals surface area contributed by atoms with Crippen molar-refractivity contribution in [2.75, 3.05) is 0 Å². The lowest BCUT2D eigenvalue weighted by molar-refractivity contribution is -0.310. The summed E-state index contributed by atoms with van der Waals surface area (Å²) < 4.78 is 73.4. The van der Waals surface area contributed by atoms with Crippen molar-refractivity contribution in [3.63, 3.8) is 0 Å². The molecule has 0 aromatic rings. The van der Waals surface area contributed by atoms with Crippen molar-refractivity contribution in [1.29, 1.82) is 0 Å². The minimum Gasteiger partial charge on any atom is -0.169 e. The third-order valence-electron chi connectivity index (χ3n) is 1.74. The van der Waals surface area contributed by atoms with E-state index in [-0.39, 0.29) is 6.92 Å². The number of alkyl halides is 6. The molecule has 0 rings (SSSR count). The molecular formula is C9H10F6. The molecule has 0 aliphatic carbocycles. The summed E-state index contributed by atoms with van der Waals surface area (Å²) in [5.41, 5.74) is -3.95. The first-order chi connectivity index (χ1) is 6.42. The van der Waals surface area contributed by atoms with E-state index in [4.69, 9.17) is 0 Å². The average molecular weight is 232 g/mol. The van der Waals surface area contributed by atoms with Crippen molar-refractivity contribution in [2.24, 2.45) is 11.3 Å². The molecular weight excluding hydrogens is 222 g/mol. The second kappa shape index (κ2) is 3.95. The lowest BCUT2D eigenvalue weighted by atomic mass is 9.89. The highest BCUT2D eigenvalue weighted by Gasteiger charge is 2.67. The Hall–Kier alpha value is -0.860.